The molecule has 0 bridgehead atoms. The fraction of sp³-hybridized carbons (Fsp3) is 0.348. The molecule has 0 atom stereocenters. The first-order valence-electron chi connectivity index (χ1n) is 9.74. The van der Waals surface area contributed by atoms with Gasteiger partial charge in [0.05, 0.1) is 20.3 Å². The molecule has 5 nitrogen and oxygen atoms in total. The van der Waals surface area contributed by atoms with Gasteiger partial charge in [-0.15, -0.1) is 0 Å². The maximum Gasteiger partial charge on any atom is 0.244 e. The van der Waals surface area contributed by atoms with E-state index in [0.717, 1.165) is 55.3 Å². The maximum absolute atomic E-state index is 12.3. The van der Waals surface area contributed by atoms with Crippen molar-refractivity contribution >= 4 is 12.0 Å². The van der Waals surface area contributed by atoms with Crippen molar-refractivity contribution in [1.29, 1.82) is 0 Å². The monoisotopic (exact) mass is 381 g/mol. The number of quaternary nitrogens is 1. The van der Waals surface area contributed by atoms with Crippen molar-refractivity contribution in [3.05, 3.63) is 70.8 Å². The minimum atomic E-state index is -0.114. The van der Waals surface area contributed by atoms with Crippen LogP contribution in [0.15, 0.2) is 48.5 Å². The van der Waals surface area contributed by atoms with Crippen LogP contribution < -0.4 is 15.0 Å². The quantitative estimate of drug-likeness (QED) is 0.719. The first-order valence-corrected chi connectivity index (χ1v) is 9.74. The summed E-state index contributed by atoms with van der Waals surface area (Å²) in [4.78, 5) is 13.8. The molecule has 1 amide bonds. The van der Waals surface area contributed by atoms with Gasteiger partial charge < -0.3 is 19.7 Å². The minimum absolute atomic E-state index is 0.114. The largest absolute Gasteiger partial charge is 0.496 e. The average molecular weight is 381 g/mol. The van der Waals surface area contributed by atoms with E-state index in [1.807, 2.05) is 31.2 Å². The predicted molar refractivity (Wildman–Crippen MR) is 110 cm³/mol. The molecule has 2 aromatic carbocycles. The molecular formula is C23H29N2O3+. The van der Waals surface area contributed by atoms with Gasteiger partial charge in [0.15, 0.2) is 0 Å². The van der Waals surface area contributed by atoms with Gasteiger partial charge in [-0.05, 0) is 30.7 Å². The molecule has 3 rings (SSSR count). The summed E-state index contributed by atoms with van der Waals surface area (Å²) in [5, 5.41) is 3.00. The fourth-order valence-electron chi connectivity index (χ4n) is 3.40. The Balaban J connectivity index is 1.59. The van der Waals surface area contributed by atoms with Gasteiger partial charge in [0.1, 0.15) is 25.4 Å². The molecule has 0 spiro atoms. The lowest BCUT2D eigenvalue weighted by Crippen LogP contribution is -3.12. The Bertz CT molecular complexity index is 826. The van der Waals surface area contributed by atoms with E-state index in [9.17, 15) is 4.79 Å². The summed E-state index contributed by atoms with van der Waals surface area (Å²) in [6.07, 6.45) is 3.36. The number of hydrogen-bond acceptors (Lipinski definition) is 3. The van der Waals surface area contributed by atoms with Gasteiger partial charge in [-0.2, -0.15) is 0 Å². The minimum Gasteiger partial charge on any atom is -0.496 e. The summed E-state index contributed by atoms with van der Waals surface area (Å²) >= 11 is 0. The fourth-order valence-corrected chi connectivity index (χ4v) is 3.40. The van der Waals surface area contributed by atoms with E-state index in [-0.39, 0.29) is 5.91 Å². The molecule has 5 heteroatoms. The Morgan fingerprint density at radius 1 is 1.18 bits per heavy atom. The second-order valence-corrected chi connectivity index (χ2v) is 7.10. The lowest BCUT2D eigenvalue weighted by Gasteiger charge is -2.24. The number of carbonyl (C=O) groups is 1. The normalized spacial score (nSPS) is 14.9. The van der Waals surface area contributed by atoms with Gasteiger partial charge in [0, 0.05) is 23.7 Å². The lowest BCUT2D eigenvalue weighted by atomic mass is 10.1. The summed E-state index contributed by atoms with van der Waals surface area (Å²) in [5.41, 5.74) is 4.47. The van der Waals surface area contributed by atoms with Gasteiger partial charge in [-0.3, -0.25) is 4.79 Å². The van der Waals surface area contributed by atoms with Crippen LogP contribution in [0.1, 0.15) is 22.3 Å². The number of morpholine rings is 1. The number of hydrogen-bond donors (Lipinski definition) is 2. The highest BCUT2D eigenvalue weighted by Crippen LogP contribution is 2.20. The molecule has 0 aromatic heterocycles. The van der Waals surface area contributed by atoms with Crippen molar-refractivity contribution in [2.75, 3.05) is 33.4 Å². The van der Waals surface area contributed by atoms with E-state index in [4.69, 9.17) is 9.47 Å². The summed E-state index contributed by atoms with van der Waals surface area (Å²) in [7, 11) is 1.63. The molecule has 1 saturated heterocycles. The van der Waals surface area contributed by atoms with Gasteiger partial charge in [0.2, 0.25) is 5.91 Å². The topological polar surface area (TPSA) is 52.0 Å². The predicted octanol–water partition coefficient (Wildman–Crippen LogP) is 1.75. The van der Waals surface area contributed by atoms with Crippen LogP contribution in [0.4, 0.5) is 0 Å². The number of amides is 1. The number of benzene rings is 2. The first-order chi connectivity index (χ1) is 13.7. The zero-order valence-corrected chi connectivity index (χ0v) is 16.7. The molecule has 1 aliphatic rings. The Morgan fingerprint density at radius 3 is 2.68 bits per heavy atom. The third-order valence-corrected chi connectivity index (χ3v) is 5.01. The third kappa shape index (κ3) is 5.68. The van der Waals surface area contributed by atoms with Gasteiger partial charge in [-0.1, -0.05) is 35.9 Å². The van der Waals surface area contributed by atoms with E-state index >= 15 is 0 Å². The molecule has 28 heavy (non-hydrogen) atoms. The van der Waals surface area contributed by atoms with Gasteiger partial charge >= 0.3 is 0 Å². The molecule has 1 aliphatic heterocycles. The van der Waals surface area contributed by atoms with Crippen molar-refractivity contribution in [2.24, 2.45) is 0 Å². The van der Waals surface area contributed by atoms with Gasteiger partial charge in [-0.25, -0.2) is 0 Å². The molecule has 0 radical (unpaired) electrons. The van der Waals surface area contributed by atoms with Crippen LogP contribution in [-0.2, 0) is 22.6 Å². The van der Waals surface area contributed by atoms with E-state index in [1.54, 1.807) is 19.3 Å². The summed E-state index contributed by atoms with van der Waals surface area (Å²) in [5.74, 6) is 0.644. The van der Waals surface area contributed by atoms with Crippen LogP contribution in [-0.4, -0.2) is 39.3 Å². The Kier molecular flexibility index (Phi) is 7.23. The van der Waals surface area contributed by atoms with E-state index in [2.05, 4.69) is 23.5 Å². The molecule has 2 N–H and O–H groups in total. The molecule has 0 unspecified atom stereocenters. The van der Waals surface area contributed by atoms with Crippen LogP contribution >= 0.6 is 0 Å². The van der Waals surface area contributed by atoms with Crippen molar-refractivity contribution in [3.63, 3.8) is 0 Å². The Labute approximate surface area is 167 Å². The molecule has 0 aliphatic carbocycles. The zero-order chi connectivity index (χ0) is 19.8. The maximum atomic E-state index is 12.3. The molecule has 0 saturated carbocycles. The Morgan fingerprint density at radius 2 is 1.93 bits per heavy atom. The highest BCUT2D eigenvalue weighted by atomic mass is 16.5. The number of nitrogens with one attached hydrogen (secondary N) is 2. The van der Waals surface area contributed by atoms with Crippen molar-refractivity contribution in [3.8, 4) is 5.75 Å². The standard InChI is InChI=1S/C23H28N2O3/c1-18-7-9-22(27-2)19(15-18)8-10-23(26)24-16-20-5-3-4-6-21(20)17-25-11-13-28-14-12-25/h3-10,15H,11-14,16-17H2,1-2H3,(H,24,26)/p+1/b10-8+. The van der Waals surface area contributed by atoms with Crippen LogP contribution in [0.25, 0.3) is 6.08 Å². The van der Waals surface area contributed by atoms with E-state index < -0.39 is 0 Å². The molecule has 1 heterocycles. The molecular weight excluding hydrogens is 352 g/mol. The molecule has 1 fully saturated rings. The summed E-state index contributed by atoms with van der Waals surface area (Å²) in [6.45, 7) is 7.20. The van der Waals surface area contributed by atoms with E-state index in [0.29, 0.717) is 6.54 Å². The number of carbonyl (C=O) groups excluding carboxylic acids is 1. The van der Waals surface area contributed by atoms with Crippen molar-refractivity contribution in [1.82, 2.24) is 5.32 Å². The molecule has 2 aromatic rings. The third-order valence-electron chi connectivity index (χ3n) is 5.01. The number of aryl methyl sites for hydroxylation is 1. The summed E-state index contributed by atoms with van der Waals surface area (Å²) in [6, 6.07) is 14.2. The second-order valence-electron chi connectivity index (χ2n) is 7.10. The van der Waals surface area contributed by atoms with E-state index in [1.165, 1.54) is 10.5 Å². The smallest absolute Gasteiger partial charge is 0.244 e. The van der Waals surface area contributed by atoms with Crippen LogP contribution in [0, 0.1) is 6.92 Å². The highest BCUT2D eigenvalue weighted by molar-refractivity contribution is 5.92. The van der Waals surface area contributed by atoms with Crippen molar-refractivity contribution in [2.45, 2.75) is 20.0 Å². The van der Waals surface area contributed by atoms with Crippen LogP contribution in [0.5, 0.6) is 5.75 Å². The average Bonchev–Trinajstić information content (AvgIpc) is 2.72. The lowest BCUT2D eigenvalue weighted by molar-refractivity contribution is -0.921. The SMILES string of the molecule is COc1ccc(C)cc1/C=C/C(=O)NCc1ccccc1C[NH+]1CCOCC1. The van der Waals surface area contributed by atoms with Crippen LogP contribution in [0.2, 0.25) is 0 Å². The van der Waals surface area contributed by atoms with Gasteiger partial charge in [0.25, 0.3) is 0 Å². The van der Waals surface area contributed by atoms with Crippen LogP contribution in [0.3, 0.4) is 0 Å². The zero-order valence-electron chi connectivity index (χ0n) is 16.7. The highest BCUT2D eigenvalue weighted by Gasteiger charge is 2.16. The number of ether oxygens (including phenoxy) is 2. The first kappa shape index (κ1) is 20.1. The summed E-state index contributed by atoms with van der Waals surface area (Å²) < 4.78 is 10.8. The second kappa shape index (κ2) is 10.1. The number of rotatable bonds is 7. The number of methoxy groups -OCH3 is 1. The Hall–Kier alpha value is -2.63. The molecule has 148 valence electrons. The van der Waals surface area contributed by atoms with Crippen molar-refractivity contribution < 1.29 is 19.2 Å².